The van der Waals surface area contributed by atoms with Gasteiger partial charge in [-0.1, -0.05) is 26.7 Å². The number of hydrogen-bond acceptors (Lipinski definition) is 5. The molecule has 0 saturated carbocycles. The summed E-state index contributed by atoms with van der Waals surface area (Å²) in [5.41, 5.74) is -2.20. The standard InChI is InChI=1S/C19H38N2O5/c1-13(2)10-8-9-11-16(23)21-15(12-22)19(7,25)14(3)20-17(24)26-18(4,5)6/h13-15,22,25H,8-12H2,1-7H3,(H,20,24)(H,21,23)/t14-,15+,19-/m0/s1. The van der Waals surface area contributed by atoms with Gasteiger partial charge in [0.25, 0.3) is 0 Å². The normalized spacial score (nSPS) is 16.5. The van der Waals surface area contributed by atoms with Crippen molar-refractivity contribution in [3.63, 3.8) is 0 Å². The highest BCUT2D eigenvalue weighted by atomic mass is 16.6. The van der Waals surface area contributed by atoms with Gasteiger partial charge in [0, 0.05) is 6.42 Å². The minimum absolute atomic E-state index is 0.224. The molecule has 26 heavy (non-hydrogen) atoms. The molecule has 0 aromatic carbocycles. The fourth-order valence-corrected chi connectivity index (χ4v) is 2.41. The van der Waals surface area contributed by atoms with Gasteiger partial charge >= 0.3 is 6.09 Å². The molecule has 0 saturated heterocycles. The van der Waals surface area contributed by atoms with Gasteiger partial charge in [-0.25, -0.2) is 4.79 Å². The van der Waals surface area contributed by atoms with Crippen molar-refractivity contribution in [2.75, 3.05) is 6.61 Å². The molecule has 0 heterocycles. The number of alkyl carbamates (subject to hydrolysis) is 1. The highest BCUT2D eigenvalue weighted by Gasteiger charge is 2.39. The third kappa shape index (κ3) is 9.97. The Morgan fingerprint density at radius 2 is 1.62 bits per heavy atom. The first kappa shape index (κ1) is 24.7. The van der Waals surface area contributed by atoms with Crippen molar-refractivity contribution >= 4 is 12.0 Å². The van der Waals surface area contributed by atoms with Crippen LogP contribution in [-0.2, 0) is 9.53 Å². The minimum Gasteiger partial charge on any atom is -0.444 e. The van der Waals surface area contributed by atoms with Crippen molar-refractivity contribution in [3.8, 4) is 0 Å². The van der Waals surface area contributed by atoms with Crippen LogP contribution < -0.4 is 10.6 Å². The number of carbonyl (C=O) groups excluding carboxylic acids is 2. The lowest BCUT2D eigenvalue weighted by molar-refractivity contribution is -0.125. The SMILES string of the molecule is CC(C)CCCCC(=O)N[C@H](CO)[C@@](C)(O)[C@H](C)NC(=O)OC(C)(C)C. The van der Waals surface area contributed by atoms with Gasteiger partial charge in [0.05, 0.1) is 18.7 Å². The Kier molecular flexibility index (Phi) is 10.2. The van der Waals surface area contributed by atoms with E-state index in [-0.39, 0.29) is 5.91 Å². The van der Waals surface area contributed by atoms with Crippen LogP contribution in [0.3, 0.4) is 0 Å². The maximum absolute atomic E-state index is 12.1. The van der Waals surface area contributed by atoms with Crippen LogP contribution in [0.4, 0.5) is 4.79 Å². The topological polar surface area (TPSA) is 108 Å². The van der Waals surface area contributed by atoms with E-state index in [9.17, 15) is 19.8 Å². The molecular weight excluding hydrogens is 336 g/mol. The molecule has 0 fully saturated rings. The molecule has 0 aromatic heterocycles. The van der Waals surface area contributed by atoms with E-state index >= 15 is 0 Å². The Labute approximate surface area is 157 Å². The molecule has 0 aliphatic carbocycles. The van der Waals surface area contributed by atoms with Crippen molar-refractivity contribution in [2.24, 2.45) is 5.92 Å². The van der Waals surface area contributed by atoms with E-state index in [1.165, 1.54) is 6.92 Å². The largest absolute Gasteiger partial charge is 0.444 e. The molecule has 4 N–H and O–H groups in total. The summed E-state index contributed by atoms with van der Waals surface area (Å²) in [5.74, 6) is 0.376. The lowest BCUT2D eigenvalue weighted by Crippen LogP contribution is -2.62. The number of ether oxygens (including phenoxy) is 1. The van der Waals surface area contributed by atoms with Crippen LogP contribution >= 0.6 is 0 Å². The van der Waals surface area contributed by atoms with E-state index < -0.39 is 36.0 Å². The van der Waals surface area contributed by atoms with Gasteiger partial charge in [-0.3, -0.25) is 4.79 Å². The Bertz CT molecular complexity index is 444. The summed E-state index contributed by atoms with van der Waals surface area (Å²) < 4.78 is 5.17. The lowest BCUT2D eigenvalue weighted by Gasteiger charge is -2.37. The monoisotopic (exact) mass is 374 g/mol. The Morgan fingerprint density at radius 3 is 2.08 bits per heavy atom. The fourth-order valence-electron chi connectivity index (χ4n) is 2.41. The summed E-state index contributed by atoms with van der Waals surface area (Å²) in [5, 5.41) is 25.6. The first-order valence-electron chi connectivity index (χ1n) is 9.41. The quantitative estimate of drug-likeness (QED) is 0.439. The fraction of sp³-hybridized carbons (Fsp3) is 0.895. The van der Waals surface area contributed by atoms with Crippen molar-refractivity contribution in [3.05, 3.63) is 0 Å². The Balaban J connectivity index is 4.63. The Hall–Kier alpha value is -1.34. The summed E-state index contributed by atoms with van der Waals surface area (Å²) in [6.07, 6.45) is 2.46. The van der Waals surface area contributed by atoms with Gasteiger partial charge in [0.1, 0.15) is 11.2 Å². The zero-order valence-electron chi connectivity index (χ0n) is 17.4. The molecule has 0 unspecified atom stereocenters. The second-order valence-electron chi connectivity index (χ2n) is 8.54. The van der Waals surface area contributed by atoms with Crippen LogP contribution in [-0.4, -0.2) is 52.1 Å². The maximum Gasteiger partial charge on any atom is 0.407 e. The van der Waals surface area contributed by atoms with Gasteiger partial charge < -0.3 is 25.6 Å². The van der Waals surface area contributed by atoms with Crippen molar-refractivity contribution < 1.29 is 24.5 Å². The number of hydrogen-bond donors (Lipinski definition) is 4. The molecule has 0 aliphatic rings. The molecule has 0 spiro atoms. The first-order valence-corrected chi connectivity index (χ1v) is 9.41. The van der Waals surface area contributed by atoms with Crippen LogP contribution in [0.2, 0.25) is 0 Å². The predicted molar refractivity (Wildman–Crippen MR) is 102 cm³/mol. The smallest absolute Gasteiger partial charge is 0.407 e. The molecule has 0 radical (unpaired) electrons. The predicted octanol–water partition coefficient (Wildman–Crippen LogP) is 2.34. The molecule has 0 bridgehead atoms. The molecule has 0 rings (SSSR count). The maximum atomic E-state index is 12.1. The summed E-state index contributed by atoms with van der Waals surface area (Å²) in [4.78, 5) is 24.0. The van der Waals surface area contributed by atoms with Crippen molar-refractivity contribution in [1.29, 1.82) is 0 Å². The first-order chi connectivity index (χ1) is 11.8. The van der Waals surface area contributed by atoms with Crippen LogP contribution in [0.1, 0.15) is 74.1 Å². The molecule has 154 valence electrons. The number of carbonyl (C=O) groups is 2. The molecule has 0 aliphatic heterocycles. The molecular formula is C19H38N2O5. The third-order valence-electron chi connectivity index (χ3n) is 4.27. The van der Waals surface area contributed by atoms with Crippen LogP contribution in [0, 0.1) is 5.92 Å². The molecule has 7 nitrogen and oxygen atoms in total. The zero-order chi connectivity index (χ0) is 20.5. The summed E-state index contributed by atoms with van der Waals surface area (Å²) in [7, 11) is 0. The number of aliphatic hydroxyl groups excluding tert-OH is 1. The molecule has 0 aromatic rings. The van der Waals surface area contributed by atoms with Gasteiger partial charge in [-0.05, 0) is 47.0 Å². The molecule has 3 atom stereocenters. The second-order valence-corrected chi connectivity index (χ2v) is 8.54. The van der Waals surface area contributed by atoms with E-state index in [1.54, 1.807) is 27.7 Å². The minimum atomic E-state index is -1.54. The number of rotatable bonds is 10. The lowest BCUT2D eigenvalue weighted by atomic mass is 9.89. The van der Waals surface area contributed by atoms with Gasteiger partial charge in [-0.2, -0.15) is 0 Å². The van der Waals surface area contributed by atoms with Crippen molar-refractivity contribution in [1.82, 2.24) is 10.6 Å². The van der Waals surface area contributed by atoms with Crippen LogP contribution in [0.15, 0.2) is 0 Å². The van der Waals surface area contributed by atoms with Gasteiger partial charge in [0.2, 0.25) is 5.91 Å². The Morgan fingerprint density at radius 1 is 1.04 bits per heavy atom. The van der Waals surface area contributed by atoms with E-state index in [4.69, 9.17) is 4.74 Å². The summed E-state index contributed by atoms with van der Waals surface area (Å²) in [6, 6.07) is -1.64. The summed E-state index contributed by atoms with van der Waals surface area (Å²) >= 11 is 0. The average molecular weight is 375 g/mol. The zero-order valence-corrected chi connectivity index (χ0v) is 17.4. The van der Waals surface area contributed by atoms with E-state index in [2.05, 4.69) is 24.5 Å². The summed E-state index contributed by atoms with van der Waals surface area (Å²) in [6.45, 7) is 12.1. The number of amides is 2. The molecule has 7 heteroatoms. The van der Waals surface area contributed by atoms with Gasteiger partial charge in [-0.15, -0.1) is 0 Å². The van der Waals surface area contributed by atoms with E-state index in [0.717, 1.165) is 19.3 Å². The van der Waals surface area contributed by atoms with E-state index in [1.807, 2.05) is 0 Å². The van der Waals surface area contributed by atoms with Crippen LogP contribution in [0.5, 0.6) is 0 Å². The molecule has 2 amide bonds. The number of unbranched alkanes of at least 4 members (excludes halogenated alkanes) is 1. The van der Waals surface area contributed by atoms with E-state index in [0.29, 0.717) is 12.3 Å². The van der Waals surface area contributed by atoms with Crippen molar-refractivity contribution in [2.45, 2.75) is 97.4 Å². The highest BCUT2D eigenvalue weighted by molar-refractivity contribution is 5.76. The third-order valence-corrected chi connectivity index (χ3v) is 4.27. The van der Waals surface area contributed by atoms with Gasteiger partial charge in [0.15, 0.2) is 0 Å². The average Bonchev–Trinajstić information content (AvgIpc) is 2.46. The van der Waals surface area contributed by atoms with Crippen LogP contribution in [0.25, 0.3) is 0 Å². The highest BCUT2D eigenvalue weighted by Crippen LogP contribution is 2.17. The second kappa shape index (κ2) is 10.7. The number of aliphatic hydroxyl groups is 2. The number of nitrogens with one attached hydrogen (secondary N) is 2.